The molecule has 2 aromatic rings. The first kappa shape index (κ1) is 11.5. The normalized spacial score (nSPS) is 10.0. The Labute approximate surface area is 102 Å². The Morgan fingerprint density at radius 2 is 1.29 bits per heavy atom. The average Bonchev–Trinajstić information content (AvgIpc) is 2.39. The molecule has 2 aromatic carbocycles. The van der Waals surface area contributed by atoms with E-state index < -0.39 is 0 Å². The Balaban J connectivity index is 2.35. The Hall–Kier alpha value is -2.02. The summed E-state index contributed by atoms with van der Waals surface area (Å²) in [6.07, 6.45) is 0. The Morgan fingerprint density at radius 3 is 1.82 bits per heavy atom. The van der Waals surface area contributed by atoms with Crippen LogP contribution in [0.3, 0.4) is 0 Å². The third kappa shape index (κ3) is 2.56. The first-order valence-electron chi connectivity index (χ1n) is 5.71. The van der Waals surface area contributed by atoms with Crippen molar-refractivity contribution in [3.63, 3.8) is 0 Å². The van der Waals surface area contributed by atoms with Gasteiger partial charge in [0.2, 0.25) is 0 Å². The maximum absolute atomic E-state index is 9.84. The minimum absolute atomic E-state index is 0.365. The van der Waals surface area contributed by atoms with Crippen molar-refractivity contribution in [2.45, 2.75) is 13.8 Å². The highest BCUT2D eigenvalue weighted by Gasteiger charge is 2.01. The van der Waals surface area contributed by atoms with Crippen molar-refractivity contribution in [2.75, 3.05) is 0 Å². The number of benzene rings is 2. The summed E-state index contributed by atoms with van der Waals surface area (Å²) in [6, 6.07) is 18.2. The van der Waals surface area contributed by atoms with Crippen LogP contribution in [0.25, 0.3) is 16.9 Å². The number of hydrogen-bond donors (Lipinski definition) is 1. The molecule has 0 atom stereocenters. The number of allylic oxidation sites excluding steroid dienone is 1. The molecule has 0 bridgehead atoms. The van der Waals surface area contributed by atoms with Crippen LogP contribution in [-0.2, 0) is 0 Å². The zero-order chi connectivity index (χ0) is 12.3. The first-order valence-corrected chi connectivity index (χ1v) is 5.71. The maximum Gasteiger partial charge on any atom is 0.121 e. The van der Waals surface area contributed by atoms with E-state index >= 15 is 0 Å². The van der Waals surface area contributed by atoms with Crippen LogP contribution in [0.1, 0.15) is 19.4 Å². The van der Waals surface area contributed by atoms with Gasteiger partial charge < -0.3 is 5.11 Å². The molecule has 0 heterocycles. The van der Waals surface area contributed by atoms with E-state index in [1.807, 2.05) is 56.3 Å². The highest BCUT2D eigenvalue weighted by Crippen LogP contribution is 2.22. The molecule has 0 saturated carbocycles. The van der Waals surface area contributed by atoms with Gasteiger partial charge in [-0.3, -0.25) is 0 Å². The van der Waals surface area contributed by atoms with Gasteiger partial charge in [-0.1, -0.05) is 54.6 Å². The lowest BCUT2D eigenvalue weighted by Gasteiger charge is -2.05. The first-order chi connectivity index (χ1) is 8.18. The van der Waals surface area contributed by atoms with Crippen LogP contribution in [0.5, 0.6) is 0 Å². The molecule has 0 aliphatic rings. The molecule has 0 aromatic heterocycles. The molecule has 0 spiro atoms. The van der Waals surface area contributed by atoms with Crippen molar-refractivity contribution in [1.82, 2.24) is 0 Å². The monoisotopic (exact) mass is 224 g/mol. The smallest absolute Gasteiger partial charge is 0.121 e. The highest BCUT2D eigenvalue weighted by atomic mass is 16.3. The molecule has 2 rings (SSSR count). The quantitative estimate of drug-likeness (QED) is 0.735. The molecule has 0 fully saturated rings. The van der Waals surface area contributed by atoms with Crippen LogP contribution in [0.15, 0.2) is 60.2 Å². The summed E-state index contributed by atoms with van der Waals surface area (Å²) in [5, 5.41) is 9.84. The molecule has 1 N–H and O–H groups in total. The van der Waals surface area contributed by atoms with Crippen molar-refractivity contribution in [1.29, 1.82) is 0 Å². The van der Waals surface area contributed by atoms with Crippen LogP contribution < -0.4 is 0 Å². The molecule has 17 heavy (non-hydrogen) atoms. The molecular weight excluding hydrogens is 208 g/mol. The fraction of sp³-hybridized carbons (Fsp3) is 0.125. The molecular formula is C16H16O. The van der Waals surface area contributed by atoms with Gasteiger partial charge in [-0.05, 0) is 30.5 Å². The number of aliphatic hydroxyl groups excluding tert-OH is 1. The highest BCUT2D eigenvalue weighted by molar-refractivity contribution is 5.68. The van der Waals surface area contributed by atoms with Crippen LogP contribution >= 0.6 is 0 Å². The second-order valence-corrected chi connectivity index (χ2v) is 4.29. The van der Waals surface area contributed by atoms with Crippen LogP contribution in [0.4, 0.5) is 0 Å². The Bertz CT molecular complexity index is 517. The van der Waals surface area contributed by atoms with E-state index in [0.717, 1.165) is 16.7 Å². The SMILES string of the molecule is CC(C)=C(O)c1ccc(-c2ccccc2)cc1. The van der Waals surface area contributed by atoms with E-state index in [9.17, 15) is 5.11 Å². The summed E-state index contributed by atoms with van der Waals surface area (Å²) in [5.74, 6) is 0.365. The van der Waals surface area contributed by atoms with Crippen molar-refractivity contribution in [3.8, 4) is 11.1 Å². The van der Waals surface area contributed by atoms with Crippen LogP contribution in [-0.4, -0.2) is 5.11 Å². The van der Waals surface area contributed by atoms with Gasteiger partial charge in [-0.25, -0.2) is 0 Å². The number of hydrogen-bond acceptors (Lipinski definition) is 1. The molecule has 1 heteroatoms. The third-order valence-electron chi connectivity index (χ3n) is 2.74. The second kappa shape index (κ2) is 4.88. The standard InChI is InChI=1S/C16H16O/c1-12(2)16(17)15-10-8-14(9-11-15)13-6-4-3-5-7-13/h3-11,17H,1-2H3. The van der Waals surface area contributed by atoms with Gasteiger partial charge in [0.15, 0.2) is 0 Å². The molecule has 0 aliphatic carbocycles. The van der Waals surface area contributed by atoms with Gasteiger partial charge in [0, 0.05) is 5.56 Å². The summed E-state index contributed by atoms with van der Waals surface area (Å²) < 4.78 is 0. The van der Waals surface area contributed by atoms with Crippen molar-refractivity contribution in [3.05, 3.63) is 65.7 Å². The topological polar surface area (TPSA) is 20.2 Å². The second-order valence-electron chi connectivity index (χ2n) is 4.29. The predicted octanol–water partition coefficient (Wildman–Crippen LogP) is 4.66. The van der Waals surface area contributed by atoms with Gasteiger partial charge in [0.1, 0.15) is 5.76 Å². The molecule has 0 aliphatic heterocycles. The molecule has 0 amide bonds. The van der Waals surface area contributed by atoms with Gasteiger partial charge in [-0.2, -0.15) is 0 Å². The zero-order valence-electron chi connectivity index (χ0n) is 10.1. The zero-order valence-corrected chi connectivity index (χ0v) is 10.1. The summed E-state index contributed by atoms with van der Waals surface area (Å²) in [6.45, 7) is 3.81. The van der Waals surface area contributed by atoms with E-state index in [4.69, 9.17) is 0 Å². The summed E-state index contributed by atoms with van der Waals surface area (Å²) >= 11 is 0. The number of aliphatic hydroxyl groups is 1. The third-order valence-corrected chi connectivity index (χ3v) is 2.74. The van der Waals surface area contributed by atoms with E-state index in [1.54, 1.807) is 0 Å². The van der Waals surface area contributed by atoms with E-state index in [1.165, 1.54) is 5.56 Å². The molecule has 0 radical (unpaired) electrons. The average molecular weight is 224 g/mol. The fourth-order valence-corrected chi connectivity index (χ4v) is 1.74. The maximum atomic E-state index is 9.84. The van der Waals surface area contributed by atoms with E-state index in [0.29, 0.717) is 5.76 Å². The lowest BCUT2D eigenvalue weighted by atomic mass is 10.0. The Morgan fingerprint density at radius 1 is 0.765 bits per heavy atom. The molecule has 1 nitrogen and oxygen atoms in total. The summed E-state index contributed by atoms with van der Waals surface area (Å²) in [5.41, 5.74) is 4.15. The Kier molecular flexibility index (Phi) is 3.29. The van der Waals surface area contributed by atoms with Gasteiger partial charge >= 0.3 is 0 Å². The molecule has 0 saturated heterocycles. The number of rotatable bonds is 2. The predicted molar refractivity (Wildman–Crippen MR) is 72.8 cm³/mol. The minimum Gasteiger partial charge on any atom is -0.507 e. The van der Waals surface area contributed by atoms with Gasteiger partial charge in [0.25, 0.3) is 0 Å². The fourth-order valence-electron chi connectivity index (χ4n) is 1.74. The van der Waals surface area contributed by atoms with Crippen LogP contribution in [0, 0.1) is 0 Å². The van der Waals surface area contributed by atoms with E-state index in [-0.39, 0.29) is 0 Å². The largest absolute Gasteiger partial charge is 0.507 e. The van der Waals surface area contributed by atoms with Crippen molar-refractivity contribution in [2.24, 2.45) is 0 Å². The summed E-state index contributed by atoms with van der Waals surface area (Å²) in [7, 11) is 0. The lowest BCUT2D eigenvalue weighted by Crippen LogP contribution is -1.86. The van der Waals surface area contributed by atoms with Gasteiger partial charge in [0.05, 0.1) is 0 Å². The van der Waals surface area contributed by atoms with Gasteiger partial charge in [-0.15, -0.1) is 0 Å². The van der Waals surface area contributed by atoms with E-state index in [2.05, 4.69) is 12.1 Å². The molecule has 0 unspecified atom stereocenters. The molecule has 86 valence electrons. The minimum atomic E-state index is 0.365. The van der Waals surface area contributed by atoms with Crippen LogP contribution in [0.2, 0.25) is 0 Å². The summed E-state index contributed by atoms with van der Waals surface area (Å²) in [4.78, 5) is 0. The van der Waals surface area contributed by atoms with Crippen molar-refractivity contribution >= 4 is 5.76 Å². The van der Waals surface area contributed by atoms with Crippen molar-refractivity contribution < 1.29 is 5.11 Å². The lowest BCUT2D eigenvalue weighted by molar-refractivity contribution is 0.506.